The van der Waals surface area contributed by atoms with Crippen LogP contribution in [0.25, 0.3) is 0 Å². The molecule has 0 spiro atoms. The van der Waals surface area contributed by atoms with Gasteiger partial charge in [0.25, 0.3) is 0 Å². The molecule has 27 heavy (non-hydrogen) atoms. The van der Waals surface area contributed by atoms with Gasteiger partial charge in [0.15, 0.2) is 0 Å². The van der Waals surface area contributed by atoms with Crippen molar-refractivity contribution < 1.29 is 38.4 Å². The number of hydrogen-bond donors (Lipinski definition) is 1. The van der Waals surface area contributed by atoms with E-state index in [2.05, 4.69) is 0 Å². The van der Waals surface area contributed by atoms with Gasteiger partial charge in [0, 0.05) is 6.08 Å². The van der Waals surface area contributed by atoms with Crippen LogP contribution in [0.4, 0.5) is 9.59 Å². The van der Waals surface area contributed by atoms with Crippen LogP contribution >= 0.6 is 0 Å². The summed E-state index contributed by atoms with van der Waals surface area (Å²) in [5.74, 6) is -1.04. The quantitative estimate of drug-likeness (QED) is 0.473. The average Bonchev–Trinajstić information content (AvgIpc) is 2.44. The van der Waals surface area contributed by atoms with Crippen LogP contribution in [0.2, 0.25) is 0 Å². The molecule has 0 bridgehead atoms. The molecule has 0 aromatic heterocycles. The molecule has 0 saturated heterocycles. The highest BCUT2D eigenvalue weighted by atomic mass is 16.6. The van der Waals surface area contributed by atoms with Gasteiger partial charge in [-0.2, -0.15) is 0 Å². The zero-order chi connectivity index (χ0) is 21.1. The first-order valence-electron chi connectivity index (χ1n) is 8.60. The molecule has 0 atom stereocenters. The molecule has 0 saturated carbocycles. The van der Waals surface area contributed by atoms with Gasteiger partial charge >= 0.3 is 18.2 Å². The SMILES string of the molecule is CC(C)(C)OC(=O)N(CCOCCOC/C=C/C(=O)O)C(=O)OC(C)(C)C. The summed E-state index contributed by atoms with van der Waals surface area (Å²) in [6.07, 6.45) is 0.737. The maximum absolute atomic E-state index is 12.2. The van der Waals surface area contributed by atoms with Crippen molar-refractivity contribution in [2.24, 2.45) is 0 Å². The summed E-state index contributed by atoms with van der Waals surface area (Å²) in [5.41, 5.74) is -1.51. The molecule has 156 valence electrons. The van der Waals surface area contributed by atoms with E-state index in [9.17, 15) is 14.4 Å². The number of imide groups is 1. The Morgan fingerprint density at radius 3 is 1.78 bits per heavy atom. The lowest BCUT2D eigenvalue weighted by Crippen LogP contribution is -2.45. The Balaban J connectivity index is 4.42. The zero-order valence-electron chi connectivity index (χ0n) is 16.9. The Hall–Kier alpha value is -2.13. The summed E-state index contributed by atoms with van der Waals surface area (Å²) < 4.78 is 20.9. The first kappa shape index (κ1) is 24.9. The lowest BCUT2D eigenvalue weighted by molar-refractivity contribution is -0.131. The summed E-state index contributed by atoms with van der Waals surface area (Å²) >= 11 is 0. The number of aliphatic carboxylic acids is 1. The fraction of sp³-hybridized carbons (Fsp3) is 0.722. The predicted octanol–water partition coefficient (Wildman–Crippen LogP) is 2.83. The van der Waals surface area contributed by atoms with Gasteiger partial charge in [0.2, 0.25) is 0 Å². The van der Waals surface area contributed by atoms with Crippen LogP contribution in [0, 0.1) is 0 Å². The van der Waals surface area contributed by atoms with Crippen molar-refractivity contribution in [2.75, 3.05) is 33.0 Å². The third kappa shape index (κ3) is 14.7. The number of ether oxygens (including phenoxy) is 4. The van der Waals surface area contributed by atoms with Crippen LogP contribution < -0.4 is 0 Å². The first-order chi connectivity index (χ1) is 12.3. The largest absolute Gasteiger partial charge is 0.478 e. The number of rotatable bonds is 9. The Morgan fingerprint density at radius 2 is 1.33 bits per heavy atom. The van der Waals surface area contributed by atoms with Crippen LogP contribution in [0.5, 0.6) is 0 Å². The number of carbonyl (C=O) groups is 3. The third-order valence-electron chi connectivity index (χ3n) is 2.53. The summed E-state index contributed by atoms with van der Waals surface area (Å²) in [5, 5.41) is 8.42. The van der Waals surface area contributed by atoms with Crippen LogP contribution in [0.1, 0.15) is 41.5 Å². The molecule has 2 amide bonds. The molecule has 0 aliphatic carbocycles. The molecule has 9 heteroatoms. The van der Waals surface area contributed by atoms with E-state index >= 15 is 0 Å². The van der Waals surface area contributed by atoms with E-state index in [0.717, 1.165) is 11.0 Å². The maximum atomic E-state index is 12.2. The topological polar surface area (TPSA) is 112 Å². The standard InChI is InChI=1S/C18H31NO8/c1-17(2,3)26-15(22)19(16(23)27-18(4,5)6)9-11-25-13-12-24-10-7-8-14(20)21/h7-8H,9-13H2,1-6H3,(H,20,21)/b8-7+. The molecule has 1 N–H and O–H groups in total. The van der Waals surface area contributed by atoms with E-state index in [1.165, 1.54) is 6.08 Å². The summed E-state index contributed by atoms with van der Waals surface area (Å²) in [6.45, 7) is 10.8. The van der Waals surface area contributed by atoms with Crippen molar-refractivity contribution >= 4 is 18.2 Å². The summed E-state index contributed by atoms with van der Waals surface area (Å²) in [6, 6.07) is 0. The number of nitrogens with zero attached hydrogens (tertiary/aromatic N) is 1. The van der Waals surface area contributed by atoms with Crippen LogP contribution in [0.15, 0.2) is 12.2 Å². The molecule has 0 aliphatic rings. The minimum absolute atomic E-state index is 0.0389. The van der Waals surface area contributed by atoms with Gasteiger partial charge in [-0.15, -0.1) is 0 Å². The monoisotopic (exact) mass is 389 g/mol. The van der Waals surface area contributed by atoms with Gasteiger partial charge in [-0.05, 0) is 41.5 Å². The molecule has 0 rings (SSSR count). The molecule has 0 aliphatic heterocycles. The molecule has 0 fully saturated rings. The van der Waals surface area contributed by atoms with Gasteiger partial charge in [0.05, 0.1) is 33.0 Å². The fourth-order valence-corrected chi connectivity index (χ4v) is 1.57. The normalized spacial score (nSPS) is 12.1. The van der Waals surface area contributed by atoms with Crippen molar-refractivity contribution in [3.8, 4) is 0 Å². The molecule has 0 radical (unpaired) electrons. The molecule has 0 aromatic carbocycles. The van der Waals surface area contributed by atoms with Crippen LogP contribution in [-0.2, 0) is 23.7 Å². The minimum Gasteiger partial charge on any atom is -0.478 e. The Bertz CT molecular complexity index is 488. The molecular formula is C18H31NO8. The van der Waals surface area contributed by atoms with E-state index in [-0.39, 0.29) is 33.0 Å². The van der Waals surface area contributed by atoms with E-state index in [1.807, 2.05) is 0 Å². The fourth-order valence-electron chi connectivity index (χ4n) is 1.57. The van der Waals surface area contributed by atoms with Crippen molar-refractivity contribution in [2.45, 2.75) is 52.7 Å². The second kappa shape index (κ2) is 11.6. The van der Waals surface area contributed by atoms with Crippen molar-refractivity contribution in [3.63, 3.8) is 0 Å². The smallest absolute Gasteiger partial charge is 0.419 e. The summed E-state index contributed by atoms with van der Waals surface area (Å²) in [7, 11) is 0. The number of amides is 2. The van der Waals surface area contributed by atoms with Gasteiger partial charge in [-0.3, -0.25) is 0 Å². The molecule has 0 unspecified atom stereocenters. The van der Waals surface area contributed by atoms with Crippen molar-refractivity contribution in [1.82, 2.24) is 4.90 Å². The molecule has 0 aromatic rings. The van der Waals surface area contributed by atoms with Gasteiger partial charge in [-0.25, -0.2) is 19.3 Å². The highest BCUT2D eigenvalue weighted by molar-refractivity contribution is 5.88. The number of carbonyl (C=O) groups excluding carboxylic acids is 2. The van der Waals surface area contributed by atoms with Gasteiger partial charge in [-0.1, -0.05) is 6.08 Å². The third-order valence-corrected chi connectivity index (χ3v) is 2.53. The molecular weight excluding hydrogens is 358 g/mol. The first-order valence-corrected chi connectivity index (χ1v) is 8.60. The van der Waals surface area contributed by atoms with Crippen LogP contribution in [-0.4, -0.2) is 72.3 Å². The van der Waals surface area contributed by atoms with E-state index in [1.54, 1.807) is 41.5 Å². The zero-order valence-corrected chi connectivity index (χ0v) is 16.9. The minimum atomic E-state index is -1.04. The Labute approximate surface area is 160 Å². The van der Waals surface area contributed by atoms with Crippen molar-refractivity contribution in [3.05, 3.63) is 12.2 Å². The van der Waals surface area contributed by atoms with Crippen molar-refractivity contribution in [1.29, 1.82) is 0 Å². The predicted molar refractivity (Wildman–Crippen MR) is 97.6 cm³/mol. The van der Waals surface area contributed by atoms with Gasteiger partial charge in [0.1, 0.15) is 11.2 Å². The average molecular weight is 389 g/mol. The number of carboxylic acid groups (broad SMARTS) is 1. The molecule has 0 heterocycles. The highest BCUT2D eigenvalue weighted by Gasteiger charge is 2.30. The highest BCUT2D eigenvalue weighted by Crippen LogP contribution is 2.14. The maximum Gasteiger partial charge on any atom is 0.419 e. The second-order valence-corrected chi connectivity index (χ2v) is 7.54. The van der Waals surface area contributed by atoms with Gasteiger partial charge < -0.3 is 24.1 Å². The van der Waals surface area contributed by atoms with E-state index in [4.69, 9.17) is 24.1 Å². The lowest BCUT2D eigenvalue weighted by atomic mass is 10.2. The summed E-state index contributed by atoms with van der Waals surface area (Å²) in [4.78, 5) is 35.6. The van der Waals surface area contributed by atoms with E-state index < -0.39 is 29.4 Å². The van der Waals surface area contributed by atoms with Crippen LogP contribution in [0.3, 0.4) is 0 Å². The second-order valence-electron chi connectivity index (χ2n) is 7.54. The number of carboxylic acids is 1. The Kier molecular flexibility index (Phi) is 10.6. The number of hydrogen-bond acceptors (Lipinski definition) is 7. The Morgan fingerprint density at radius 1 is 0.852 bits per heavy atom. The lowest BCUT2D eigenvalue weighted by Gasteiger charge is -2.28. The molecule has 9 nitrogen and oxygen atoms in total. The van der Waals surface area contributed by atoms with E-state index in [0.29, 0.717) is 0 Å².